The molecular formula is C21H23N7O2. The van der Waals surface area contributed by atoms with Crippen molar-refractivity contribution >= 4 is 28.4 Å². The van der Waals surface area contributed by atoms with Gasteiger partial charge in [0.25, 0.3) is 5.95 Å². The number of fused-ring (bicyclic) bond motifs is 1. The highest BCUT2D eigenvalue weighted by Crippen LogP contribution is 2.31. The predicted octanol–water partition coefficient (Wildman–Crippen LogP) is 3.79. The van der Waals surface area contributed by atoms with E-state index in [0.717, 1.165) is 22.4 Å². The van der Waals surface area contributed by atoms with E-state index in [1.54, 1.807) is 18.9 Å². The number of anilines is 3. The van der Waals surface area contributed by atoms with Crippen LogP contribution < -0.4 is 20.1 Å². The molecule has 154 valence electrons. The molecule has 0 aliphatic carbocycles. The number of aromatic nitrogens is 5. The van der Waals surface area contributed by atoms with Gasteiger partial charge in [0.15, 0.2) is 17.3 Å². The molecule has 4 aromatic rings. The largest absolute Gasteiger partial charge is 0.493 e. The number of ether oxygens (including phenoxy) is 2. The van der Waals surface area contributed by atoms with Crippen molar-refractivity contribution < 1.29 is 9.47 Å². The zero-order valence-corrected chi connectivity index (χ0v) is 17.2. The summed E-state index contributed by atoms with van der Waals surface area (Å²) in [6, 6.07) is 13.7. The Morgan fingerprint density at radius 3 is 2.53 bits per heavy atom. The molecule has 0 radical (unpaired) electrons. The monoisotopic (exact) mass is 405 g/mol. The summed E-state index contributed by atoms with van der Waals surface area (Å²) in [7, 11) is 3.19. The Morgan fingerprint density at radius 1 is 0.967 bits per heavy atom. The second-order valence-electron chi connectivity index (χ2n) is 6.88. The van der Waals surface area contributed by atoms with Crippen LogP contribution >= 0.6 is 0 Å². The molecule has 0 aliphatic rings. The van der Waals surface area contributed by atoms with Crippen molar-refractivity contribution in [3.05, 3.63) is 48.8 Å². The third-order valence-electron chi connectivity index (χ3n) is 4.40. The topological polar surface area (TPSA) is 99.0 Å². The lowest BCUT2D eigenvalue weighted by atomic mass is 10.2. The molecule has 2 aromatic heterocycles. The Bertz CT molecular complexity index is 1170. The van der Waals surface area contributed by atoms with Crippen molar-refractivity contribution in [3.63, 3.8) is 0 Å². The summed E-state index contributed by atoms with van der Waals surface area (Å²) in [5.74, 6) is 2.85. The first-order chi connectivity index (χ1) is 14.6. The maximum Gasteiger partial charge on any atom is 0.255 e. The molecule has 0 amide bonds. The lowest BCUT2D eigenvalue weighted by Gasteiger charge is -2.10. The fourth-order valence-electron chi connectivity index (χ4n) is 3.09. The number of methoxy groups -OCH3 is 2. The van der Waals surface area contributed by atoms with Gasteiger partial charge < -0.3 is 20.1 Å². The maximum atomic E-state index is 5.35. The van der Waals surface area contributed by atoms with Gasteiger partial charge in [0.1, 0.15) is 6.33 Å². The van der Waals surface area contributed by atoms with E-state index < -0.39 is 0 Å². The number of para-hydroxylation sites is 1. The number of hydrogen-bond acceptors (Lipinski definition) is 8. The Labute approximate surface area is 174 Å². The predicted molar refractivity (Wildman–Crippen MR) is 116 cm³/mol. The molecule has 0 aliphatic heterocycles. The van der Waals surface area contributed by atoms with Crippen LogP contribution in [0.4, 0.5) is 17.5 Å². The van der Waals surface area contributed by atoms with E-state index in [1.165, 1.54) is 6.33 Å². The average molecular weight is 405 g/mol. The van der Waals surface area contributed by atoms with Gasteiger partial charge in [-0.3, -0.25) is 0 Å². The van der Waals surface area contributed by atoms with Crippen molar-refractivity contribution in [1.82, 2.24) is 24.7 Å². The highest BCUT2D eigenvalue weighted by molar-refractivity contribution is 5.91. The summed E-state index contributed by atoms with van der Waals surface area (Å²) in [5.41, 5.74) is 1.67. The minimum absolute atomic E-state index is 0.248. The van der Waals surface area contributed by atoms with Gasteiger partial charge in [-0.25, -0.2) is 4.98 Å². The van der Waals surface area contributed by atoms with Crippen molar-refractivity contribution in [2.45, 2.75) is 19.9 Å². The van der Waals surface area contributed by atoms with Crippen LogP contribution in [0, 0.1) is 0 Å². The van der Waals surface area contributed by atoms with Gasteiger partial charge in [-0.05, 0) is 38.1 Å². The number of benzene rings is 2. The zero-order chi connectivity index (χ0) is 21.1. The molecule has 30 heavy (non-hydrogen) atoms. The Hall–Kier alpha value is -3.88. The van der Waals surface area contributed by atoms with Crippen LogP contribution in [0.15, 0.2) is 48.8 Å². The zero-order valence-electron chi connectivity index (χ0n) is 17.2. The van der Waals surface area contributed by atoms with Crippen LogP contribution in [0.3, 0.4) is 0 Å². The first-order valence-corrected chi connectivity index (χ1v) is 9.52. The Kier molecular flexibility index (Phi) is 5.34. The van der Waals surface area contributed by atoms with Gasteiger partial charge in [-0.2, -0.15) is 14.6 Å². The number of hydrogen-bond donors (Lipinski definition) is 2. The summed E-state index contributed by atoms with van der Waals surface area (Å²) < 4.78 is 12.3. The first-order valence-electron chi connectivity index (χ1n) is 9.52. The lowest BCUT2D eigenvalue weighted by Crippen LogP contribution is -2.11. The van der Waals surface area contributed by atoms with Gasteiger partial charge in [0.05, 0.1) is 19.7 Å². The smallest absolute Gasteiger partial charge is 0.255 e. The number of nitrogens with one attached hydrogen (secondary N) is 2. The van der Waals surface area contributed by atoms with Gasteiger partial charge in [-0.1, -0.05) is 12.1 Å². The number of nitrogens with zero attached hydrogens (tertiary/aromatic N) is 5. The van der Waals surface area contributed by atoms with E-state index in [4.69, 9.17) is 9.47 Å². The summed E-state index contributed by atoms with van der Waals surface area (Å²) >= 11 is 0. The Balaban J connectivity index is 1.69. The molecule has 4 rings (SSSR count). The minimum atomic E-state index is 0.248. The van der Waals surface area contributed by atoms with Crippen LogP contribution in [-0.4, -0.2) is 45.0 Å². The van der Waals surface area contributed by atoms with E-state index in [2.05, 4.69) is 44.5 Å². The molecule has 0 unspecified atom stereocenters. The minimum Gasteiger partial charge on any atom is -0.493 e. The van der Waals surface area contributed by atoms with Crippen molar-refractivity contribution in [1.29, 1.82) is 0 Å². The molecule has 0 fully saturated rings. The molecule has 2 aromatic carbocycles. The van der Waals surface area contributed by atoms with E-state index in [1.807, 2.05) is 42.5 Å². The van der Waals surface area contributed by atoms with Crippen molar-refractivity contribution in [2.24, 2.45) is 0 Å². The molecule has 0 bridgehead atoms. The molecule has 9 heteroatoms. The lowest BCUT2D eigenvalue weighted by molar-refractivity contribution is 0.355. The van der Waals surface area contributed by atoms with Gasteiger partial charge in [-0.15, -0.1) is 5.10 Å². The first kappa shape index (κ1) is 19.4. The maximum absolute atomic E-state index is 5.35. The fraction of sp³-hybridized carbons (Fsp3) is 0.238. The quantitative estimate of drug-likeness (QED) is 0.479. The van der Waals surface area contributed by atoms with Gasteiger partial charge in [0.2, 0.25) is 5.95 Å². The molecule has 0 atom stereocenters. The molecular weight excluding hydrogens is 382 g/mol. The fourth-order valence-corrected chi connectivity index (χ4v) is 3.09. The van der Waals surface area contributed by atoms with Crippen LogP contribution in [0.1, 0.15) is 13.8 Å². The molecule has 0 saturated heterocycles. The molecule has 9 nitrogen and oxygen atoms in total. The van der Waals surface area contributed by atoms with E-state index >= 15 is 0 Å². The summed E-state index contributed by atoms with van der Waals surface area (Å²) in [4.78, 5) is 13.1. The van der Waals surface area contributed by atoms with E-state index in [-0.39, 0.29) is 6.04 Å². The Morgan fingerprint density at radius 2 is 1.77 bits per heavy atom. The van der Waals surface area contributed by atoms with Crippen LogP contribution in [-0.2, 0) is 0 Å². The standard InChI is InChI=1S/C21H23N7O2/c1-13(2)24-19-15-7-5-6-8-16(15)28(27-19)21-23-12-22-20(26-21)25-14-9-10-17(29-3)18(11-14)30-4/h5-13H,1-4H3,(H,24,27)(H,22,23,25,26). The van der Waals surface area contributed by atoms with E-state index in [9.17, 15) is 0 Å². The average Bonchev–Trinajstić information content (AvgIpc) is 3.12. The van der Waals surface area contributed by atoms with Crippen LogP contribution in [0.2, 0.25) is 0 Å². The van der Waals surface area contributed by atoms with Crippen LogP contribution in [0.25, 0.3) is 16.9 Å². The van der Waals surface area contributed by atoms with Crippen molar-refractivity contribution in [2.75, 3.05) is 24.9 Å². The molecule has 0 spiro atoms. The number of rotatable bonds is 7. The van der Waals surface area contributed by atoms with E-state index in [0.29, 0.717) is 23.4 Å². The molecule has 0 saturated carbocycles. The second kappa shape index (κ2) is 8.24. The summed E-state index contributed by atoms with van der Waals surface area (Å²) in [6.45, 7) is 4.14. The molecule has 2 N–H and O–H groups in total. The summed E-state index contributed by atoms with van der Waals surface area (Å²) in [5, 5.41) is 12.2. The SMILES string of the molecule is COc1ccc(Nc2ncnc(-n3nc(NC(C)C)c4ccccc43)n2)cc1OC. The highest BCUT2D eigenvalue weighted by Gasteiger charge is 2.15. The molecule has 2 heterocycles. The second-order valence-corrected chi connectivity index (χ2v) is 6.88. The highest BCUT2D eigenvalue weighted by atomic mass is 16.5. The van der Waals surface area contributed by atoms with Gasteiger partial charge >= 0.3 is 0 Å². The van der Waals surface area contributed by atoms with Crippen molar-refractivity contribution in [3.8, 4) is 17.4 Å². The summed E-state index contributed by atoms with van der Waals surface area (Å²) in [6.07, 6.45) is 1.46. The van der Waals surface area contributed by atoms with Gasteiger partial charge in [0, 0.05) is 23.2 Å². The normalized spacial score (nSPS) is 11.0. The third kappa shape index (κ3) is 3.82. The third-order valence-corrected chi connectivity index (χ3v) is 4.40. The van der Waals surface area contributed by atoms with Crippen LogP contribution in [0.5, 0.6) is 11.5 Å².